The number of rotatable bonds is 15. The molecule has 286 valence electrons. The zero-order valence-electron chi connectivity index (χ0n) is 30.8. The number of nitrogen functional groups attached to an aromatic ring is 1. The van der Waals surface area contributed by atoms with Crippen LogP contribution in [-0.2, 0) is 25.7 Å². The summed E-state index contributed by atoms with van der Waals surface area (Å²) in [6, 6.07) is 42.3. The number of thioether (sulfide) groups is 1. The second kappa shape index (κ2) is 18.7. The van der Waals surface area contributed by atoms with Gasteiger partial charge in [-0.1, -0.05) is 121 Å². The summed E-state index contributed by atoms with van der Waals surface area (Å²) in [5, 5.41) is 16.0. The summed E-state index contributed by atoms with van der Waals surface area (Å²) >= 11 is 1.50. The van der Waals surface area contributed by atoms with Gasteiger partial charge in [0.2, 0.25) is 11.8 Å². The number of nitrogens with one attached hydrogen (secondary N) is 2. The van der Waals surface area contributed by atoms with Crippen LogP contribution in [0.25, 0.3) is 22.6 Å². The second-order valence-electron chi connectivity index (χ2n) is 13.6. The van der Waals surface area contributed by atoms with Gasteiger partial charge >= 0.3 is 0 Å². The van der Waals surface area contributed by atoms with E-state index in [0.29, 0.717) is 53.1 Å². The average molecular weight is 769 g/mol. The number of carbonyl (C=O) groups excluding carboxylic acids is 2. The summed E-state index contributed by atoms with van der Waals surface area (Å²) in [5.41, 5.74) is 12.9. The standard InChI is InChI=1S/C45H44N4O6S/c46-37-18-7-8-19-38(37)48-41(52)21-10-9-20-40(51)47-35-17-11-16-34(26-35)44-53-36(27-39(54-44)31-24-22-30(28-50)23-25-31)29-56-45-49-42(32-12-3-1-4-13-32)43(55-45)33-14-5-2-6-15-33/h1-8,11-19,22-26,36,39,44,50H,9-10,20-21,27-29,46H2,(H,47,51)(H,48,52). The molecule has 56 heavy (non-hydrogen) atoms. The van der Waals surface area contributed by atoms with Crippen molar-refractivity contribution in [1.82, 2.24) is 4.98 Å². The number of unbranched alkanes of at least 4 members (excludes halogenated alkanes) is 1. The fourth-order valence-corrected chi connectivity index (χ4v) is 7.35. The number of hydrogen-bond acceptors (Lipinski definition) is 9. The van der Waals surface area contributed by atoms with Crippen LogP contribution in [0.15, 0.2) is 143 Å². The highest BCUT2D eigenvalue weighted by atomic mass is 32.2. The molecule has 1 saturated heterocycles. The summed E-state index contributed by atoms with van der Waals surface area (Å²) < 4.78 is 19.6. The quantitative estimate of drug-likeness (QED) is 0.0455. The molecule has 2 amide bonds. The minimum absolute atomic E-state index is 0.0411. The first-order valence-electron chi connectivity index (χ1n) is 18.7. The van der Waals surface area contributed by atoms with Crippen LogP contribution in [0.4, 0.5) is 17.1 Å². The van der Waals surface area contributed by atoms with Crippen molar-refractivity contribution in [2.75, 3.05) is 22.1 Å². The Bertz CT molecular complexity index is 2160. The van der Waals surface area contributed by atoms with Gasteiger partial charge in [0.25, 0.3) is 5.22 Å². The molecule has 0 bridgehead atoms. The minimum Gasteiger partial charge on any atom is -0.431 e. The lowest BCUT2D eigenvalue weighted by Crippen LogP contribution is -2.31. The molecule has 1 aromatic heterocycles. The highest BCUT2D eigenvalue weighted by Crippen LogP contribution is 2.41. The SMILES string of the molecule is Nc1ccccc1NC(=O)CCCCC(=O)Nc1cccc(C2OC(CSc3nc(-c4ccccc4)c(-c4ccccc4)o3)CC(c3ccc(CO)cc3)O2)c1. The van der Waals surface area contributed by atoms with Gasteiger partial charge in [-0.25, -0.2) is 4.98 Å². The molecular weight excluding hydrogens is 725 g/mol. The molecule has 0 radical (unpaired) electrons. The number of ether oxygens (including phenoxy) is 2. The fraction of sp³-hybridized carbons (Fsp3) is 0.222. The van der Waals surface area contributed by atoms with Crippen LogP contribution in [0.5, 0.6) is 0 Å². The van der Waals surface area contributed by atoms with E-state index < -0.39 is 6.29 Å². The van der Waals surface area contributed by atoms with Crippen LogP contribution in [-0.4, -0.2) is 33.8 Å². The summed E-state index contributed by atoms with van der Waals surface area (Å²) in [5.74, 6) is 0.982. The summed E-state index contributed by atoms with van der Waals surface area (Å²) in [6.45, 7) is -0.0411. The number of nitrogens with two attached hydrogens (primary N) is 1. The Labute approximate surface area is 330 Å². The van der Waals surface area contributed by atoms with Crippen molar-refractivity contribution >= 4 is 40.6 Å². The summed E-state index contributed by atoms with van der Waals surface area (Å²) in [6.07, 6.45) is 1.03. The highest BCUT2D eigenvalue weighted by Gasteiger charge is 2.33. The van der Waals surface area contributed by atoms with Crippen LogP contribution >= 0.6 is 11.8 Å². The maximum atomic E-state index is 12.9. The maximum absolute atomic E-state index is 12.9. The van der Waals surface area contributed by atoms with Crippen molar-refractivity contribution in [3.05, 3.63) is 150 Å². The number of benzene rings is 5. The number of aromatic nitrogens is 1. The number of aliphatic hydroxyl groups is 1. The van der Waals surface area contributed by atoms with E-state index in [4.69, 9.17) is 24.6 Å². The number of nitrogens with zero attached hydrogens (tertiary/aromatic N) is 1. The Morgan fingerprint density at radius 1 is 0.750 bits per heavy atom. The van der Waals surface area contributed by atoms with Gasteiger partial charge in [0.1, 0.15) is 5.69 Å². The largest absolute Gasteiger partial charge is 0.431 e. The molecule has 11 heteroatoms. The Hall–Kier alpha value is -5.72. The molecule has 0 spiro atoms. The van der Waals surface area contributed by atoms with Crippen molar-refractivity contribution in [2.24, 2.45) is 0 Å². The number of para-hydroxylation sites is 2. The van der Waals surface area contributed by atoms with Crippen LogP contribution in [0.1, 0.15) is 61.2 Å². The molecule has 3 atom stereocenters. The van der Waals surface area contributed by atoms with Gasteiger partial charge in [-0.2, -0.15) is 0 Å². The fourth-order valence-electron chi connectivity index (χ4n) is 6.51. The molecule has 3 unspecified atom stereocenters. The number of amides is 2. The zero-order valence-corrected chi connectivity index (χ0v) is 31.6. The van der Waals surface area contributed by atoms with E-state index in [2.05, 4.69) is 10.6 Å². The van der Waals surface area contributed by atoms with Crippen LogP contribution in [0.2, 0.25) is 0 Å². The Kier molecular flexibility index (Phi) is 12.9. The van der Waals surface area contributed by atoms with Crippen LogP contribution in [0, 0.1) is 0 Å². The average Bonchev–Trinajstić information content (AvgIpc) is 3.68. The highest BCUT2D eigenvalue weighted by molar-refractivity contribution is 7.99. The van der Waals surface area contributed by atoms with Gasteiger partial charge in [0.05, 0.1) is 30.2 Å². The van der Waals surface area contributed by atoms with Gasteiger partial charge in [-0.05, 0) is 48.2 Å². The molecule has 7 rings (SSSR count). The lowest BCUT2D eigenvalue weighted by atomic mass is 10.0. The number of oxazole rings is 1. The Balaban J connectivity index is 1.01. The Morgan fingerprint density at radius 3 is 2.14 bits per heavy atom. The number of carbonyl (C=O) groups is 2. The summed E-state index contributed by atoms with van der Waals surface area (Å²) in [4.78, 5) is 30.2. The first kappa shape index (κ1) is 38.6. The molecule has 5 aromatic carbocycles. The molecule has 0 aliphatic carbocycles. The molecule has 1 fully saturated rings. The predicted molar refractivity (Wildman–Crippen MR) is 220 cm³/mol. The van der Waals surface area contributed by atoms with E-state index in [1.807, 2.05) is 121 Å². The third kappa shape index (κ3) is 10.1. The minimum atomic E-state index is -0.713. The van der Waals surface area contributed by atoms with Crippen LogP contribution in [0.3, 0.4) is 0 Å². The van der Waals surface area contributed by atoms with Gasteiger partial charge in [0.15, 0.2) is 12.1 Å². The summed E-state index contributed by atoms with van der Waals surface area (Å²) in [7, 11) is 0. The topological polar surface area (TPSA) is 149 Å². The molecule has 1 aliphatic rings. The van der Waals surface area contributed by atoms with Gasteiger partial charge in [-0.15, -0.1) is 0 Å². The molecule has 5 N–H and O–H groups in total. The number of hydrogen-bond donors (Lipinski definition) is 4. The maximum Gasteiger partial charge on any atom is 0.256 e. The van der Waals surface area contributed by atoms with E-state index in [9.17, 15) is 14.7 Å². The van der Waals surface area contributed by atoms with Crippen LogP contribution < -0.4 is 16.4 Å². The predicted octanol–water partition coefficient (Wildman–Crippen LogP) is 9.56. The smallest absolute Gasteiger partial charge is 0.256 e. The van der Waals surface area contributed by atoms with Crippen molar-refractivity contribution in [2.45, 2.75) is 62.4 Å². The zero-order chi connectivity index (χ0) is 38.7. The monoisotopic (exact) mass is 768 g/mol. The molecular formula is C45H44N4O6S. The first-order chi connectivity index (χ1) is 27.4. The number of anilines is 3. The van der Waals surface area contributed by atoms with E-state index in [-0.39, 0.29) is 43.5 Å². The normalized spacial score (nSPS) is 16.6. The lowest BCUT2D eigenvalue weighted by Gasteiger charge is -2.36. The third-order valence-corrected chi connectivity index (χ3v) is 10.4. The van der Waals surface area contributed by atoms with E-state index in [1.54, 1.807) is 12.1 Å². The van der Waals surface area contributed by atoms with E-state index in [1.165, 1.54) is 11.8 Å². The van der Waals surface area contributed by atoms with Crippen molar-refractivity contribution in [3.8, 4) is 22.6 Å². The van der Waals surface area contributed by atoms with Gasteiger partial charge in [-0.3, -0.25) is 9.59 Å². The van der Waals surface area contributed by atoms with E-state index >= 15 is 0 Å². The third-order valence-electron chi connectivity index (χ3n) is 9.43. The lowest BCUT2D eigenvalue weighted by molar-refractivity contribution is -0.245. The molecule has 6 aromatic rings. The molecule has 0 saturated carbocycles. The van der Waals surface area contributed by atoms with Gasteiger partial charge in [0, 0.05) is 47.4 Å². The van der Waals surface area contributed by atoms with Gasteiger partial charge < -0.3 is 35.4 Å². The van der Waals surface area contributed by atoms with E-state index in [0.717, 1.165) is 33.5 Å². The second-order valence-corrected chi connectivity index (χ2v) is 14.5. The molecule has 2 heterocycles. The number of aliphatic hydroxyl groups excluding tert-OH is 1. The van der Waals surface area contributed by atoms with Crippen molar-refractivity contribution in [3.63, 3.8) is 0 Å². The first-order valence-corrected chi connectivity index (χ1v) is 19.7. The van der Waals surface area contributed by atoms with Crippen molar-refractivity contribution < 1.29 is 28.6 Å². The Morgan fingerprint density at radius 2 is 1.43 bits per heavy atom. The molecule has 1 aliphatic heterocycles. The van der Waals surface area contributed by atoms with Crippen molar-refractivity contribution in [1.29, 1.82) is 0 Å². The molecule has 10 nitrogen and oxygen atoms in total.